The van der Waals surface area contributed by atoms with Crippen LogP contribution in [0.25, 0.3) is 0 Å². The quantitative estimate of drug-likeness (QED) is 0.445. The zero-order valence-corrected chi connectivity index (χ0v) is 13.0. The molecule has 2 aromatic rings. The van der Waals surface area contributed by atoms with E-state index in [1.54, 1.807) is 0 Å². The Labute approximate surface area is 136 Å². The van der Waals surface area contributed by atoms with E-state index in [2.05, 4.69) is 15.8 Å². The molecule has 7 nitrogen and oxygen atoms in total. The van der Waals surface area contributed by atoms with Gasteiger partial charge < -0.3 is 11.1 Å². The molecule has 0 fully saturated rings. The van der Waals surface area contributed by atoms with Crippen molar-refractivity contribution in [3.63, 3.8) is 0 Å². The summed E-state index contributed by atoms with van der Waals surface area (Å²) >= 11 is 1.48. The van der Waals surface area contributed by atoms with Crippen molar-refractivity contribution in [1.29, 1.82) is 0 Å². The summed E-state index contributed by atoms with van der Waals surface area (Å²) in [5, 5.41) is 8.03. The number of anilines is 1. The lowest BCUT2D eigenvalue weighted by atomic mass is 10.2. The van der Waals surface area contributed by atoms with E-state index in [4.69, 9.17) is 5.73 Å². The fourth-order valence-electron chi connectivity index (χ4n) is 1.62. The molecule has 3 amide bonds. The Bertz CT molecular complexity index is 765. The van der Waals surface area contributed by atoms with Crippen molar-refractivity contribution in [3.8, 4) is 0 Å². The van der Waals surface area contributed by atoms with Crippen LogP contribution in [0.4, 0.5) is 5.69 Å². The molecule has 0 aliphatic heterocycles. The van der Waals surface area contributed by atoms with Crippen LogP contribution in [0.3, 0.4) is 0 Å². The van der Waals surface area contributed by atoms with E-state index in [1.165, 1.54) is 41.8 Å². The highest BCUT2D eigenvalue weighted by atomic mass is 32.1. The van der Waals surface area contributed by atoms with Crippen molar-refractivity contribution < 1.29 is 14.4 Å². The summed E-state index contributed by atoms with van der Waals surface area (Å²) < 4.78 is 0. The number of hydrogen-bond donors (Lipinski definition) is 3. The summed E-state index contributed by atoms with van der Waals surface area (Å²) in [6.07, 6.45) is 1.48. The Kier molecular flexibility index (Phi) is 5.21. The molecule has 4 N–H and O–H groups in total. The highest BCUT2D eigenvalue weighted by Crippen LogP contribution is 2.12. The maximum Gasteiger partial charge on any atom is 0.329 e. The SMILES string of the molecule is Cc1ccsc1C=NNC(=O)C(=O)Nc1ccc(C(N)=O)cc1. The molecule has 0 atom stereocenters. The molecule has 0 saturated heterocycles. The van der Waals surface area contributed by atoms with Crippen LogP contribution in [0.2, 0.25) is 0 Å². The van der Waals surface area contributed by atoms with Gasteiger partial charge in [-0.15, -0.1) is 11.3 Å². The molecule has 0 radical (unpaired) electrons. The Morgan fingerprint density at radius 3 is 2.39 bits per heavy atom. The Morgan fingerprint density at radius 1 is 1.13 bits per heavy atom. The second-order valence-electron chi connectivity index (χ2n) is 4.56. The average Bonchev–Trinajstić information content (AvgIpc) is 2.93. The molecule has 0 aliphatic rings. The van der Waals surface area contributed by atoms with E-state index in [9.17, 15) is 14.4 Å². The van der Waals surface area contributed by atoms with E-state index in [0.29, 0.717) is 11.3 Å². The maximum absolute atomic E-state index is 11.7. The highest BCUT2D eigenvalue weighted by molar-refractivity contribution is 7.11. The number of thiophene rings is 1. The lowest BCUT2D eigenvalue weighted by Crippen LogP contribution is -2.32. The second-order valence-corrected chi connectivity index (χ2v) is 5.51. The molecule has 23 heavy (non-hydrogen) atoms. The zero-order valence-electron chi connectivity index (χ0n) is 12.2. The zero-order chi connectivity index (χ0) is 16.8. The smallest absolute Gasteiger partial charge is 0.329 e. The highest BCUT2D eigenvalue weighted by Gasteiger charge is 2.13. The lowest BCUT2D eigenvalue weighted by molar-refractivity contribution is -0.136. The maximum atomic E-state index is 11.7. The molecule has 1 heterocycles. The van der Waals surface area contributed by atoms with Gasteiger partial charge in [-0.1, -0.05) is 0 Å². The number of primary amides is 1. The number of hydrazone groups is 1. The van der Waals surface area contributed by atoms with Crippen LogP contribution in [0, 0.1) is 6.92 Å². The molecular formula is C15H14N4O3S. The number of aryl methyl sites for hydroxylation is 1. The monoisotopic (exact) mass is 330 g/mol. The molecule has 0 spiro atoms. The van der Waals surface area contributed by atoms with Gasteiger partial charge in [-0.05, 0) is 48.2 Å². The summed E-state index contributed by atoms with van der Waals surface area (Å²) in [5.41, 5.74) is 8.97. The van der Waals surface area contributed by atoms with Crippen LogP contribution in [-0.4, -0.2) is 23.9 Å². The molecular weight excluding hydrogens is 316 g/mol. The number of rotatable bonds is 4. The van der Waals surface area contributed by atoms with Gasteiger partial charge in [-0.3, -0.25) is 14.4 Å². The topological polar surface area (TPSA) is 114 Å². The third-order valence-electron chi connectivity index (χ3n) is 2.88. The van der Waals surface area contributed by atoms with Crippen molar-refractivity contribution in [3.05, 3.63) is 51.7 Å². The van der Waals surface area contributed by atoms with Crippen molar-refractivity contribution in [2.24, 2.45) is 10.8 Å². The van der Waals surface area contributed by atoms with Crippen LogP contribution in [0.1, 0.15) is 20.8 Å². The van der Waals surface area contributed by atoms with E-state index in [0.717, 1.165) is 10.4 Å². The van der Waals surface area contributed by atoms with Gasteiger partial charge in [0.1, 0.15) is 0 Å². The molecule has 2 rings (SSSR count). The Morgan fingerprint density at radius 2 is 1.83 bits per heavy atom. The van der Waals surface area contributed by atoms with E-state index < -0.39 is 17.7 Å². The van der Waals surface area contributed by atoms with Crippen LogP contribution in [0.5, 0.6) is 0 Å². The van der Waals surface area contributed by atoms with Gasteiger partial charge in [0.25, 0.3) is 0 Å². The number of amides is 3. The van der Waals surface area contributed by atoms with Gasteiger partial charge in [0.15, 0.2) is 0 Å². The molecule has 0 unspecified atom stereocenters. The number of benzene rings is 1. The third-order valence-corrected chi connectivity index (χ3v) is 3.84. The predicted molar refractivity (Wildman–Crippen MR) is 88.4 cm³/mol. The number of carbonyl (C=O) groups excluding carboxylic acids is 3. The lowest BCUT2D eigenvalue weighted by Gasteiger charge is -2.04. The minimum Gasteiger partial charge on any atom is -0.366 e. The van der Waals surface area contributed by atoms with Crippen LogP contribution < -0.4 is 16.5 Å². The summed E-state index contributed by atoms with van der Waals surface area (Å²) in [4.78, 5) is 35.2. The van der Waals surface area contributed by atoms with Crippen molar-refractivity contribution in [1.82, 2.24) is 5.43 Å². The normalized spacial score (nSPS) is 10.5. The molecule has 1 aromatic heterocycles. The number of nitrogens with zero attached hydrogens (tertiary/aromatic N) is 1. The first kappa shape index (κ1) is 16.4. The third kappa shape index (κ3) is 4.48. The Balaban J connectivity index is 1.90. The first-order valence-electron chi connectivity index (χ1n) is 6.55. The molecule has 118 valence electrons. The van der Waals surface area contributed by atoms with Crippen LogP contribution in [-0.2, 0) is 9.59 Å². The van der Waals surface area contributed by atoms with Gasteiger partial charge in [0.2, 0.25) is 5.91 Å². The van der Waals surface area contributed by atoms with E-state index in [-0.39, 0.29) is 0 Å². The Hall–Kier alpha value is -3.00. The van der Waals surface area contributed by atoms with Gasteiger partial charge in [-0.2, -0.15) is 5.10 Å². The second kappa shape index (κ2) is 7.32. The minimum atomic E-state index is -0.894. The molecule has 1 aromatic carbocycles. The van der Waals surface area contributed by atoms with Gasteiger partial charge in [0.05, 0.1) is 6.21 Å². The van der Waals surface area contributed by atoms with Crippen molar-refractivity contribution >= 4 is 41.0 Å². The standard InChI is InChI=1S/C15H14N4O3S/c1-9-6-7-23-12(9)8-17-19-15(22)14(21)18-11-4-2-10(3-5-11)13(16)20/h2-8H,1H3,(H2,16,20)(H,18,21)(H,19,22). The first-order chi connectivity index (χ1) is 11.0. The van der Waals surface area contributed by atoms with Crippen LogP contribution >= 0.6 is 11.3 Å². The molecule has 0 bridgehead atoms. The van der Waals surface area contributed by atoms with Crippen LogP contribution in [0.15, 0.2) is 40.8 Å². The van der Waals surface area contributed by atoms with Crippen molar-refractivity contribution in [2.75, 3.05) is 5.32 Å². The fraction of sp³-hybridized carbons (Fsp3) is 0.0667. The van der Waals surface area contributed by atoms with Gasteiger partial charge in [-0.25, -0.2) is 5.43 Å². The van der Waals surface area contributed by atoms with Crippen molar-refractivity contribution in [2.45, 2.75) is 6.92 Å². The van der Waals surface area contributed by atoms with Gasteiger partial charge >= 0.3 is 11.8 Å². The summed E-state index contributed by atoms with van der Waals surface area (Å²) in [5.74, 6) is -2.33. The predicted octanol–water partition coefficient (Wildman–Crippen LogP) is 1.24. The summed E-state index contributed by atoms with van der Waals surface area (Å²) in [6.45, 7) is 1.92. The summed E-state index contributed by atoms with van der Waals surface area (Å²) in [6, 6.07) is 7.78. The fourth-order valence-corrected chi connectivity index (χ4v) is 2.41. The largest absolute Gasteiger partial charge is 0.366 e. The summed E-state index contributed by atoms with van der Waals surface area (Å²) in [7, 11) is 0. The van der Waals surface area contributed by atoms with E-state index >= 15 is 0 Å². The molecule has 0 aliphatic carbocycles. The number of nitrogens with one attached hydrogen (secondary N) is 2. The van der Waals surface area contributed by atoms with Gasteiger partial charge in [0, 0.05) is 16.1 Å². The first-order valence-corrected chi connectivity index (χ1v) is 7.43. The molecule has 0 saturated carbocycles. The van der Waals surface area contributed by atoms with E-state index in [1.807, 2.05) is 18.4 Å². The number of hydrogen-bond acceptors (Lipinski definition) is 5. The average molecular weight is 330 g/mol. The number of carbonyl (C=O) groups is 3. The molecule has 8 heteroatoms. The number of nitrogens with two attached hydrogens (primary N) is 1. The minimum absolute atomic E-state index is 0.309.